The molecular weight excluding hydrogens is 244 g/mol. The largest absolute Gasteiger partial charge is 0.336 e. The number of amides is 1. The Morgan fingerprint density at radius 2 is 2.06 bits per heavy atom. The highest BCUT2D eigenvalue weighted by Gasteiger charge is 2.13. The molecule has 2 rings (SSSR count). The zero-order valence-electron chi connectivity index (χ0n) is 9.67. The molecule has 0 radical (unpaired) electrons. The van der Waals surface area contributed by atoms with E-state index in [-0.39, 0.29) is 5.91 Å². The number of thiophene rings is 1. The first-order valence-corrected chi connectivity index (χ1v) is 6.44. The highest BCUT2D eigenvalue weighted by molar-refractivity contribution is 7.10. The Bertz CT molecular complexity index is 543. The molecule has 1 N–H and O–H groups in total. The third kappa shape index (κ3) is 3.19. The third-order valence-corrected chi connectivity index (χ3v) is 3.36. The third-order valence-electron chi connectivity index (χ3n) is 2.48. The number of nitriles is 1. The Labute approximate surface area is 110 Å². The lowest BCUT2D eigenvalue weighted by molar-refractivity contribution is -0.120. The van der Waals surface area contributed by atoms with Crippen LogP contribution in [0, 0.1) is 11.3 Å². The molecule has 1 aromatic heterocycles. The van der Waals surface area contributed by atoms with E-state index in [1.54, 1.807) is 0 Å². The highest BCUT2D eigenvalue weighted by Crippen LogP contribution is 2.13. The van der Waals surface area contributed by atoms with E-state index >= 15 is 0 Å². The average Bonchev–Trinajstić information content (AvgIpc) is 2.90. The molecule has 1 heterocycles. The van der Waals surface area contributed by atoms with Crippen LogP contribution in [0.2, 0.25) is 0 Å². The number of nitrogens with zero attached hydrogens (tertiary/aromatic N) is 1. The predicted molar refractivity (Wildman–Crippen MR) is 71.0 cm³/mol. The van der Waals surface area contributed by atoms with Gasteiger partial charge < -0.3 is 5.32 Å². The second-order valence-electron chi connectivity index (χ2n) is 3.80. The maximum absolute atomic E-state index is 11.8. The molecule has 4 heteroatoms. The van der Waals surface area contributed by atoms with Crippen LogP contribution in [0.1, 0.15) is 16.5 Å². The minimum atomic E-state index is -0.585. The van der Waals surface area contributed by atoms with Crippen LogP contribution < -0.4 is 5.32 Å². The van der Waals surface area contributed by atoms with E-state index in [1.807, 2.05) is 47.8 Å². The normalized spacial score (nSPS) is 11.5. The smallest absolute Gasteiger partial charge is 0.226 e. The van der Waals surface area contributed by atoms with Gasteiger partial charge in [0, 0.05) is 4.88 Å². The summed E-state index contributed by atoms with van der Waals surface area (Å²) in [5, 5.41) is 13.8. The van der Waals surface area contributed by atoms with Crippen molar-refractivity contribution in [2.24, 2.45) is 0 Å². The fourth-order valence-corrected chi connectivity index (χ4v) is 2.32. The maximum atomic E-state index is 11.8. The summed E-state index contributed by atoms with van der Waals surface area (Å²) >= 11 is 1.54. The molecule has 0 aliphatic heterocycles. The van der Waals surface area contributed by atoms with Crippen LogP contribution in [0.4, 0.5) is 0 Å². The standard InChI is InChI=1S/C14H12N2OS/c15-10-13(11-5-2-1-3-6-11)16-14(17)9-12-7-4-8-18-12/h1-8,13H,9H2,(H,16,17). The summed E-state index contributed by atoms with van der Waals surface area (Å²) in [6.07, 6.45) is 0.322. The molecule has 3 nitrogen and oxygen atoms in total. The summed E-state index contributed by atoms with van der Waals surface area (Å²) in [7, 11) is 0. The molecule has 0 saturated carbocycles. The molecule has 90 valence electrons. The fourth-order valence-electron chi connectivity index (χ4n) is 1.62. The van der Waals surface area contributed by atoms with Crippen LogP contribution >= 0.6 is 11.3 Å². The van der Waals surface area contributed by atoms with Gasteiger partial charge in [-0.1, -0.05) is 36.4 Å². The molecule has 0 aliphatic carbocycles. The van der Waals surface area contributed by atoms with Gasteiger partial charge >= 0.3 is 0 Å². The van der Waals surface area contributed by atoms with Gasteiger partial charge in [0.05, 0.1) is 12.5 Å². The molecule has 18 heavy (non-hydrogen) atoms. The summed E-state index contributed by atoms with van der Waals surface area (Å²) in [5.41, 5.74) is 0.805. The predicted octanol–water partition coefficient (Wildman–Crippen LogP) is 2.67. The van der Waals surface area contributed by atoms with Crippen molar-refractivity contribution in [2.75, 3.05) is 0 Å². The number of carbonyl (C=O) groups is 1. The lowest BCUT2D eigenvalue weighted by Crippen LogP contribution is -2.28. The van der Waals surface area contributed by atoms with Crippen molar-refractivity contribution in [3.05, 3.63) is 58.3 Å². The van der Waals surface area contributed by atoms with Crippen molar-refractivity contribution in [3.63, 3.8) is 0 Å². The number of carbonyl (C=O) groups excluding carboxylic acids is 1. The zero-order chi connectivity index (χ0) is 12.8. The van der Waals surface area contributed by atoms with E-state index in [9.17, 15) is 4.79 Å². The van der Waals surface area contributed by atoms with Gasteiger partial charge in [0.2, 0.25) is 5.91 Å². The molecular formula is C14H12N2OS. The van der Waals surface area contributed by atoms with E-state index in [0.29, 0.717) is 6.42 Å². The maximum Gasteiger partial charge on any atom is 0.226 e. The van der Waals surface area contributed by atoms with E-state index in [1.165, 1.54) is 11.3 Å². The minimum absolute atomic E-state index is 0.132. The van der Waals surface area contributed by atoms with Crippen molar-refractivity contribution in [3.8, 4) is 6.07 Å². The highest BCUT2D eigenvalue weighted by atomic mass is 32.1. The Hall–Kier alpha value is -2.12. The zero-order valence-corrected chi connectivity index (χ0v) is 10.5. The molecule has 2 aromatic rings. The van der Waals surface area contributed by atoms with Crippen molar-refractivity contribution in [1.29, 1.82) is 5.26 Å². The van der Waals surface area contributed by atoms with E-state index < -0.39 is 6.04 Å². The van der Waals surface area contributed by atoms with Crippen LogP contribution in [-0.4, -0.2) is 5.91 Å². The monoisotopic (exact) mass is 256 g/mol. The topological polar surface area (TPSA) is 52.9 Å². The van der Waals surface area contributed by atoms with Gasteiger partial charge in [-0.3, -0.25) is 4.79 Å². The minimum Gasteiger partial charge on any atom is -0.336 e. The van der Waals surface area contributed by atoms with Crippen LogP contribution in [0.15, 0.2) is 47.8 Å². The fraction of sp³-hybridized carbons (Fsp3) is 0.143. The van der Waals surface area contributed by atoms with E-state index in [2.05, 4.69) is 11.4 Å². The van der Waals surface area contributed by atoms with Crippen molar-refractivity contribution in [2.45, 2.75) is 12.5 Å². The van der Waals surface area contributed by atoms with Crippen molar-refractivity contribution in [1.82, 2.24) is 5.32 Å². The Morgan fingerprint density at radius 3 is 2.67 bits per heavy atom. The summed E-state index contributed by atoms with van der Waals surface area (Å²) in [6, 6.07) is 14.6. The molecule has 0 aliphatic rings. The molecule has 0 spiro atoms. The Morgan fingerprint density at radius 1 is 1.28 bits per heavy atom. The van der Waals surface area contributed by atoms with Crippen LogP contribution in [0.5, 0.6) is 0 Å². The Balaban J connectivity index is 1.99. The molecule has 0 bridgehead atoms. The molecule has 1 atom stereocenters. The van der Waals surface area contributed by atoms with Gasteiger partial charge in [0.1, 0.15) is 6.04 Å². The van der Waals surface area contributed by atoms with E-state index in [4.69, 9.17) is 5.26 Å². The van der Waals surface area contributed by atoms with Gasteiger partial charge in [0.15, 0.2) is 0 Å². The van der Waals surface area contributed by atoms with Gasteiger partial charge in [-0.25, -0.2) is 0 Å². The molecule has 0 saturated heterocycles. The first-order chi connectivity index (χ1) is 8.79. The van der Waals surface area contributed by atoms with Gasteiger partial charge in [0.25, 0.3) is 0 Å². The quantitative estimate of drug-likeness (QED) is 0.914. The number of rotatable bonds is 4. The second-order valence-corrected chi connectivity index (χ2v) is 4.83. The van der Waals surface area contributed by atoms with Crippen LogP contribution in [0.25, 0.3) is 0 Å². The summed E-state index contributed by atoms with van der Waals surface area (Å²) in [6.45, 7) is 0. The summed E-state index contributed by atoms with van der Waals surface area (Å²) < 4.78 is 0. The van der Waals surface area contributed by atoms with Crippen molar-refractivity contribution < 1.29 is 4.79 Å². The SMILES string of the molecule is N#CC(NC(=O)Cc1cccs1)c1ccccc1. The van der Waals surface area contributed by atoms with Crippen LogP contribution in [-0.2, 0) is 11.2 Å². The lowest BCUT2D eigenvalue weighted by atomic mass is 10.1. The summed E-state index contributed by atoms with van der Waals surface area (Å²) in [4.78, 5) is 12.8. The molecule has 0 fully saturated rings. The van der Waals surface area contributed by atoms with Crippen LogP contribution in [0.3, 0.4) is 0 Å². The lowest BCUT2D eigenvalue weighted by Gasteiger charge is -2.11. The van der Waals surface area contributed by atoms with Crippen molar-refractivity contribution >= 4 is 17.2 Å². The van der Waals surface area contributed by atoms with Gasteiger partial charge in [-0.05, 0) is 17.0 Å². The van der Waals surface area contributed by atoms with Gasteiger partial charge in [-0.2, -0.15) is 5.26 Å². The van der Waals surface area contributed by atoms with E-state index in [0.717, 1.165) is 10.4 Å². The number of hydrogen-bond donors (Lipinski definition) is 1. The number of nitrogens with one attached hydrogen (secondary N) is 1. The first-order valence-electron chi connectivity index (χ1n) is 5.56. The molecule has 1 unspecified atom stereocenters. The first kappa shape index (κ1) is 12.3. The molecule has 1 amide bonds. The second kappa shape index (κ2) is 5.99. The molecule has 1 aromatic carbocycles. The number of benzene rings is 1. The summed E-state index contributed by atoms with van der Waals surface area (Å²) in [5.74, 6) is -0.132. The number of hydrogen-bond acceptors (Lipinski definition) is 3. The average molecular weight is 256 g/mol. The van der Waals surface area contributed by atoms with Gasteiger partial charge in [-0.15, -0.1) is 11.3 Å². The Kier molecular flexibility index (Phi) is 4.11.